The van der Waals surface area contributed by atoms with Gasteiger partial charge >= 0.3 is 6.18 Å². The quantitative estimate of drug-likeness (QED) is 0.244. The predicted molar refractivity (Wildman–Crippen MR) is 162 cm³/mol. The predicted octanol–water partition coefficient (Wildman–Crippen LogP) is 6.85. The molecule has 0 aliphatic rings. The van der Waals surface area contributed by atoms with Crippen molar-refractivity contribution in [2.45, 2.75) is 63.8 Å². The number of anilines is 1. The topological polar surface area (TPSA) is 86.8 Å². The smallest absolute Gasteiger partial charge is 0.352 e. The molecule has 0 fully saturated rings. The standard InChI is InChI=1S/C30H32Cl2F3N3O4S/c1-5-27(29(40)36-19(2)3)37(17-21-11-14-25(31)26(32)15-21)28(39)18-38(23-8-6-7-22(16-23)30(33,34)35)43(41,42)24-12-9-20(4)10-13-24/h6-16,19,27H,5,17-18H2,1-4H3,(H,36,40)/t27-/m1/s1. The number of carbonyl (C=O) groups is 2. The molecule has 0 aliphatic carbocycles. The molecule has 2 amide bonds. The van der Waals surface area contributed by atoms with Crippen molar-refractivity contribution in [3.8, 4) is 0 Å². The first-order valence-electron chi connectivity index (χ1n) is 13.3. The van der Waals surface area contributed by atoms with Crippen LogP contribution in [0.5, 0.6) is 0 Å². The van der Waals surface area contributed by atoms with Crippen molar-refractivity contribution in [1.82, 2.24) is 10.2 Å². The molecule has 1 atom stereocenters. The zero-order valence-corrected chi connectivity index (χ0v) is 26.3. The number of amides is 2. The number of alkyl halides is 3. The second kappa shape index (κ2) is 14.0. The van der Waals surface area contributed by atoms with Crippen molar-refractivity contribution in [2.75, 3.05) is 10.8 Å². The van der Waals surface area contributed by atoms with Gasteiger partial charge in [-0.05, 0) is 75.2 Å². The van der Waals surface area contributed by atoms with E-state index in [0.717, 1.165) is 17.7 Å². The fourth-order valence-corrected chi connectivity index (χ4v) is 6.07. The molecule has 0 saturated heterocycles. The van der Waals surface area contributed by atoms with Crippen LogP contribution in [0.3, 0.4) is 0 Å². The lowest BCUT2D eigenvalue weighted by molar-refractivity contribution is -0.140. The SMILES string of the molecule is CC[C@H](C(=O)NC(C)C)N(Cc1ccc(Cl)c(Cl)c1)C(=O)CN(c1cccc(C(F)(F)F)c1)S(=O)(=O)c1ccc(C)cc1. The molecular formula is C30H32Cl2F3N3O4S. The van der Waals surface area contributed by atoms with E-state index in [0.29, 0.717) is 15.9 Å². The second-order valence-electron chi connectivity index (χ2n) is 10.2. The van der Waals surface area contributed by atoms with E-state index < -0.39 is 46.2 Å². The normalized spacial score (nSPS) is 12.6. The van der Waals surface area contributed by atoms with Crippen LogP contribution < -0.4 is 9.62 Å². The highest BCUT2D eigenvalue weighted by Gasteiger charge is 2.36. The molecule has 0 bridgehead atoms. The molecule has 0 heterocycles. The maximum Gasteiger partial charge on any atom is 0.416 e. The molecule has 3 aromatic carbocycles. The minimum absolute atomic E-state index is 0.152. The average molecular weight is 659 g/mol. The van der Waals surface area contributed by atoms with Crippen LogP contribution in [0.1, 0.15) is 43.9 Å². The highest BCUT2D eigenvalue weighted by Crippen LogP contribution is 2.33. The van der Waals surface area contributed by atoms with Crippen molar-refractivity contribution in [3.05, 3.63) is 93.5 Å². The summed E-state index contributed by atoms with van der Waals surface area (Å²) in [7, 11) is -4.54. The van der Waals surface area contributed by atoms with E-state index in [9.17, 15) is 31.2 Å². The van der Waals surface area contributed by atoms with Crippen molar-refractivity contribution < 1.29 is 31.2 Å². The van der Waals surface area contributed by atoms with E-state index in [-0.39, 0.29) is 39.6 Å². The van der Waals surface area contributed by atoms with Gasteiger partial charge in [-0.15, -0.1) is 0 Å². The third kappa shape index (κ3) is 8.64. The molecule has 7 nitrogen and oxygen atoms in total. The van der Waals surface area contributed by atoms with E-state index in [2.05, 4.69) is 5.32 Å². The Balaban J connectivity index is 2.14. The minimum atomic E-state index is -4.76. The summed E-state index contributed by atoms with van der Waals surface area (Å²) in [6.07, 6.45) is -4.60. The molecule has 3 aromatic rings. The van der Waals surface area contributed by atoms with Crippen LogP contribution in [0.25, 0.3) is 0 Å². The Kier molecular flexibility index (Phi) is 11.1. The number of nitrogens with zero attached hydrogens (tertiary/aromatic N) is 2. The summed E-state index contributed by atoms with van der Waals surface area (Å²) in [5, 5.41) is 3.25. The Hall–Kier alpha value is -3.28. The first kappa shape index (κ1) is 34.2. The van der Waals surface area contributed by atoms with Crippen LogP contribution in [0.4, 0.5) is 18.9 Å². The number of rotatable bonds is 11. The van der Waals surface area contributed by atoms with Gasteiger partial charge < -0.3 is 10.2 Å². The van der Waals surface area contributed by atoms with Gasteiger partial charge in [0.2, 0.25) is 11.8 Å². The zero-order valence-electron chi connectivity index (χ0n) is 24.0. The summed E-state index contributed by atoms with van der Waals surface area (Å²) in [5.41, 5.74) is -0.184. The van der Waals surface area contributed by atoms with E-state index in [4.69, 9.17) is 23.2 Å². The summed E-state index contributed by atoms with van der Waals surface area (Å²) >= 11 is 12.2. The van der Waals surface area contributed by atoms with Crippen molar-refractivity contribution >= 4 is 50.7 Å². The summed E-state index contributed by atoms with van der Waals surface area (Å²) in [6, 6.07) is 12.8. The maximum absolute atomic E-state index is 14.0. The summed E-state index contributed by atoms with van der Waals surface area (Å²) < 4.78 is 69.3. The first-order valence-corrected chi connectivity index (χ1v) is 15.5. The third-order valence-corrected chi connectivity index (χ3v) is 9.03. The Bertz CT molecular complexity index is 1570. The van der Waals surface area contributed by atoms with Gasteiger partial charge in [-0.3, -0.25) is 13.9 Å². The maximum atomic E-state index is 14.0. The summed E-state index contributed by atoms with van der Waals surface area (Å²) in [5.74, 6) is -1.29. The number of nitrogens with one attached hydrogen (secondary N) is 1. The molecule has 232 valence electrons. The second-order valence-corrected chi connectivity index (χ2v) is 12.9. The van der Waals surface area contributed by atoms with E-state index in [1.165, 1.54) is 35.2 Å². The van der Waals surface area contributed by atoms with Crippen LogP contribution in [0.15, 0.2) is 71.6 Å². The molecule has 0 aliphatic heterocycles. The van der Waals surface area contributed by atoms with Crippen LogP contribution in [0, 0.1) is 6.92 Å². The molecule has 0 saturated carbocycles. The number of hydrogen-bond acceptors (Lipinski definition) is 4. The van der Waals surface area contributed by atoms with Gasteiger partial charge in [0.25, 0.3) is 10.0 Å². The molecule has 13 heteroatoms. The van der Waals surface area contributed by atoms with Gasteiger partial charge in [-0.2, -0.15) is 13.2 Å². The van der Waals surface area contributed by atoms with Crippen molar-refractivity contribution in [1.29, 1.82) is 0 Å². The molecule has 1 N–H and O–H groups in total. The number of sulfonamides is 1. The fraction of sp³-hybridized carbons (Fsp3) is 0.333. The van der Waals surface area contributed by atoms with Gasteiger partial charge in [0.05, 0.1) is 26.2 Å². The highest BCUT2D eigenvalue weighted by atomic mass is 35.5. The Labute approximate surface area is 259 Å². The van der Waals surface area contributed by atoms with Crippen molar-refractivity contribution in [2.24, 2.45) is 0 Å². The first-order chi connectivity index (χ1) is 20.0. The van der Waals surface area contributed by atoms with Crippen molar-refractivity contribution in [3.63, 3.8) is 0 Å². The minimum Gasteiger partial charge on any atom is -0.352 e. The Morgan fingerprint density at radius 1 is 0.953 bits per heavy atom. The average Bonchev–Trinajstić information content (AvgIpc) is 2.92. The molecule has 0 aromatic heterocycles. The molecular weight excluding hydrogens is 626 g/mol. The Morgan fingerprint density at radius 2 is 1.60 bits per heavy atom. The Morgan fingerprint density at radius 3 is 2.16 bits per heavy atom. The lowest BCUT2D eigenvalue weighted by atomic mass is 10.1. The lowest BCUT2D eigenvalue weighted by Gasteiger charge is -2.33. The molecule has 43 heavy (non-hydrogen) atoms. The molecule has 3 rings (SSSR count). The van der Waals surface area contributed by atoms with E-state index >= 15 is 0 Å². The summed E-state index contributed by atoms with van der Waals surface area (Å²) in [6.45, 7) is 5.90. The van der Waals surface area contributed by atoms with Gasteiger partial charge in [-0.25, -0.2) is 8.42 Å². The number of hydrogen-bond donors (Lipinski definition) is 1. The third-order valence-electron chi connectivity index (χ3n) is 6.50. The van der Waals surface area contributed by atoms with Crippen LogP contribution in [-0.4, -0.2) is 43.8 Å². The zero-order chi connectivity index (χ0) is 32.1. The molecule has 0 unspecified atom stereocenters. The fourth-order valence-electron chi connectivity index (χ4n) is 4.34. The summed E-state index contributed by atoms with van der Waals surface area (Å²) in [4.78, 5) is 28.2. The van der Waals surface area contributed by atoms with E-state index in [1.54, 1.807) is 45.9 Å². The van der Waals surface area contributed by atoms with Crippen LogP contribution >= 0.6 is 23.2 Å². The molecule has 0 radical (unpaired) electrons. The number of halogens is 5. The van der Waals surface area contributed by atoms with Gasteiger partial charge in [-0.1, -0.05) is 60.0 Å². The highest BCUT2D eigenvalue weighted by molar-refractivity contribution is 7.92. The van der Waals surface area contributed by atoms with Gasteiger partial charge in [0, 0.05) is 12.6 Å². The van der Waals surface area contributed by atoms with Gasteiger partial charge in [0.1, 0.15) is 12.6 Å². The van der Waals surface area contributed by atoms with Crippen LogP contribution in [0.2, 0.25) is 10.0 Å². The van der Waals surface area contributed by atoms with Crippen LogP contribution in [-0.2, 0) is 32.3 Å². The number of carbonyl (C=O) groups excluding carboxylic acids is 2. The lowest BCUT2D eigenvalue weighted by Crippen LogP contribution is -2.53. The van der Waals surface area contributed by atoms with E-state index in [1.807, 2.05) is 0 Å². The molecule has 0 spiro atoms. The van der Waals surface area contributed by atoms with Gasteiger partial charge in [0.15, 0.2) is 0 Å². The largest absolute Gasteiger partial charge is 0.416 e. The monoisotopic (exact) mass is 657 g/mol. The number of aryl methyl sites for hydroxylation is 1. The number of benzene rings is 3.